The molecular formula is C22H24N4O2. The van der Waals surface area contributed by atoms with Gasteiger partial charge in [0.05, 0.1) is 0 Å². The van der Waals surface area contributed by atoms with Gasteiger partial charge in [-0.3, -0.25) is 4.79 Å². The fourth-order valence-corrected chi connectivity index (χ4v) is 3.58. The maximum atomic E-state index is 12.3. The molecule has 28 heavy (non-hydrogen) atoms. The maximum absolute atomic E-state index is 12.3. The van der Waals surface area contributed by atoms with Gasteiger partial charge in [-0.15, -0.1) is 10.2 Å². The molecule has 0 saturated carbocycles. The minimum Gasteiger partial charge on any atom is -0.421 e. The standard InChI is InChI=1S/C22H24N4O2/c1-15-25-26-22(28-15)17-9-7-16(8-10-17)21(27)24-12-4-11-23-20-13-18-5-2-3-6-19(18)14-20/h2-3,5-10,20,23H,4,11-14H2,1H3,(H,24,27). The number of hydrogen-bond donors (Lipinski definition) is 2. The number of rotatable bonds is 7. The van der Waals surface area contributed by atoms with Crippen molar-refractivity contribution in [3.63, 3.8) is 0 Å². The Morgan fingerprint density at radius 2 is 1.75 bits per heavy atom. The van der Waals surface area contributed by atoms with Crippen molar-refractivity contribution in [2.45, 2.75) is 32.2 Å². The largest absolute Gasteiger partial charge is 0.421 e. The van der Waals surface area contributed by atoms with Crippen molar-refractivity contribution in [2.24, 2.45) is 0 Å². The lowest BCUT2D eigenvalue weighted by molar-refractivity contribution is 0.0953. The van der Waals surface area contributed by atoms with Crippen LogP contribution in [0.25, 0.3) is 11.5 Å². The second kappa shape index (κ2) is 8.35. The normalized spacial score (nSPS) is 13.5. The summed E-state index contributed by atoms with van der Waals surface area (Å²) in [6, 6.07) is 16.3. The van der Waals surface area contributed by atoms with Crippen molar-refractivity contribution in [1.29, 1.82) is 0 Å². The molecule has 2 N–H and O–H groups in total. The summed E-state index contributed by atoms with van der Waals surface area (Å²) >= 11 is 0. The Hall–Kier alpha value is -2.99. The Bertz CT molecular complexity index is 924. The summed E-state index contributed by atoms with van der Waals surface area (Å²) in [4.78, 5) is 12.3. The van der Waals surface area contributed by atoms with Gasteiger partial charge in [-0.1, -0.05) is 24.3 Å². The van der Waals surface area contributed by atoms with E-state index in [9.17, 15) is 4.79 Å². The highest BCUT2D eigenvalue weighted by Crippen LogP contribution is 2.21. The van der Waals surface area contributed by atoms with E-state index in [2.05, 4.69) is 45.1 Å². The lowest BCUT2D eigenvalue weighted by Gasteiger charge is -2.12. The highest BCUT2D eigenvalue weighted by molar-refractivity contribution is 5.94. The Morgan fingerprint density at radius 1 is 1.04 bits per heavy atom. The number of fused-ring (bicyclic) bond motifs is 1. The summed E-state index contributed by atoms with van der Waals surface area (Å²) in [6.45, 7) is 3.29. The topological polar surface area (TPSA) is 80.0 Å². The van der Waals surface area contributed by atoms with Gasteiger partial charge in [-0.25, -0.2) is 0 Å². The SMILES string of the molecule is Cc1nnc(-c2ccc(C(=O)NCCCNC3Cc4ccccc4C3)cc2)o1. The zero-order valence-corrected chi connectivity index (χ0v) is 15.9. The summed E-state index contributed by atoms with van der Waals surface area (Å²) in [5.41, 5.74) is 4.33. The van der Waals surface area contributed by atoms with E-state index in [0.717, 1.165) is 31.4 Å². The number of hydrogen-bond acceptors (Lipinski definition) is 5. The molecule has 144 valence electrons. The fourth-order valence-electron chi connectivity index (χ4n) is 3.58. The van der Waals surface area contributed by atoms with Crippen LogP contribution in [0.3, 0.4) is 0 Å². The first kappa shape index (κ1) is 18.4. The van der Waals surface area contributed by atoms with Crippen LogP contribution in [0.2, 0.25) is 0 Å². The molecule has 0 bridgehead atoms. The lowest BCUT2D eigenvalue weighted by atomic mass is 10.1. The number of benzene rings is 2. The van der Waals surface area contributed by atoms with Gasteiger partial charge in [0.1, 0.15) is 0 Å². The van der Waals surface area contributed by atoms with Gasteiger partial charge in [0, 0.05) is 30.6 Å². The molecule has 1 heterocycles. The zero-order chi connectivity index (χ0) is 19.3. The smallest absolute Gasteiger partial charge is 0.251 e. The van der Waals surface area contributed by atoms with E-state index in [0.29, 0.717) is 29.9 Å². The number of nitrogens with one attached hydrogen (secondary N) is 2. The molecule has 1 aliphatic rings. The highest BCUT2D eigenvalue weighted by Gasteiger charge is 2.19. The van der Waals surface area contributed by atoms with Crippen molar-refractivity contribution in [1.82, 2.24) is 20.8 Å². The van der Waals surface area contributed by atoms with E-state index < -0.39 is 0 Å². The second-order valence-electron chi connectivity index (χ2n) is 7.14. The third-order valence-corrected chi connectivity index (χ3v) is 5.04. The first-order chi connectivity index (χ1) is 13.7. The zero-order valence-electron chi connectivity index (χ0n) is 15.9. The van der Waals surface area contributed by atoms with Crippen LogP contribution in [0, 0.1) is 6.92 Å². The van der Waals surface area contributed by atoms with Crippen LogP contribution in [0.15, 0.2) is 52.9 Å². The molecule has 1 aromatic heterocycles. The van der Waals surface area contributed by atoms with Crippen LogP contribution in [0.1, 0.15) is 33.8 Å². The number of carbonyl (C=O) groups is 1. The summed E-state index contributed by atoms with van der Waals surface area (Å²) in [5, 5.41) is 14.4. The molecule has 0 unspecified atom stereocenters. The molecule has 4 rings (SSSR count). The van der Waals surface area contributed by atoms with E-state index in [1.807, 2.05) is 12.1 Å². The molecule has 0 aliphatic heterocycles. The molecule has 2 aromatic carbocycles. The van der Waals surface area contributed by atoms with Crippen LogP contribution in [-0.2, 0) is 12.8 Å². The van der Waals surface area contributed by atoms with Gasteiger partial charge in [0.15, 0.2) is 0 Å². The molecule has 6 heteroatoms. The van der Waals surface area contributed by atoms with E-state index in [4.69, 9.17) is 4.42 Å². The molecular weight excluding hydrogens is 352 g/mol. The van der Waals surface area contributed by atoms with E-state index in [-0.39, 0.29) is 5.91 Å². The van der Waals surface area contributed by atoms with Crippen molar-refractivity contribution >= 4 is 5.91 Å². The Kier molecular flexibility index (Phi) is 5.48. The van der Waals surface area contributed by atoms with Crippen LogP contribution in [0.5, 0.6) is 0 Å². The molecule has 0 spiro atoms. The van der Waals surface area contributed by atoms with Crippen molar-refractivity contribution in [3.05, 3.63) is 71.1 Å². The number of nitrogens with zero attached hydrogens (tertiary/aromatic N) is 2. The van der Waals surface area contributed by atoms with E-state index >= 15 is 0 Å². The van der Waals surface area contributed by atoms with Crippen LogP contribution < -0.4 is 10.6 Å². The molecule has 1 amide bonds. The molecule has 0 atom stereocenters. The first-order valence-electron chi connectivity index (χ1n) is 9.68. The van der Waals surface area contributed by atoms with Crippen LogP contribution >= 0.6 is 0 Å². The van der Waals surface area contributed by atoms with Crippen molar-refractivity contribution < 1.29 is 9.21 Å². The second-order valence-corrected chi connectivity index (χ2v) is 7.14. The summed E-state index contributed by atoms with van der Waals surface area (Å²) < 4.78 is 5.39. The molecule has 0 radical (unpaired) electrons. The monoisotopic (exact) mass is 376 g/mol. The van der Waals surface area contributed by atoms with Gasteiger partial charge in [0.25, 0.3) is 5.91 Å². The number of aromatic nitrogens is 2. The third-order valence-electron chi connectivity index (χ3n) is 5.04. The third kappa shape index (κ3) is 4.28. The number of amides is 1. The van der Waals surface area contributed by atoms with Crippen LogP contribution in [-0.4, -0.2) is 35.2 Å². The Morgan fingerprint density at radius 3 is 2.39 bits per heavy atom. The molecule has 6 nitrogen and oxygen atoms in total. The molecule has 0 saturated heterocycles. The van der Waals surface area contributed by atoms with Gasteiger partial charge < -0.3 is 15.1 Å². The fraction of sp³-hybridized carbons (Fsp3) is 0.318. The van der Waals surface area contributed by atoms with Crippen molar-refractivity contribution in [2.75, 3.05) is 13.1 Å². The quantitative estimate of drug-likeness (QED) is 0.620. The minimum absolute atomic E-state index is 0.0680. The highest BCUT2D eigenvalue weighted by atomic mass is 16.4. The number of carbonyl (C=O) groups excluding carboxylic acids is 1. The molecule has 0 fully saturated rings. The predicted molar refractivity (Wildman–Crippen MR) is 107 cm³/mol. The summed E-state index contributed by atoms with van der Waals surface area (Å²) in [6.07, 6.45) is 3.08. The average Bonchev–Trinajstić information content (AvgIpc) is 3.33. The number of aryl methyl sites for hydroxylation is 1. The average molecular weight is 376 g/mol. The Labute approximate surface area is 164 Å². The van der Waals surface area contributed by atoms with Crippen molar-refractivity contribution in [3.8, 4) is 11.5 Å². The van der Waals surface area contributed by atoms with Gasteiger partial charge in [0.2, 0.25) is 11.8 Å². The summed E-state index contributed by atoms with van der Waals surface area (Å²) in [7, 11) is 0. The summed E-state index contributed by atoms with van der Waals surface area (Å²) in [5.74, 6) is 0.915. The minimum atomic E-state index is -0.0680. The van der Waals surface area contributed by atoms with Crippen LogP contribution in [0.4, 0.5) is 0 Å². The van der Waals surface area contributed by atoms with Gasteiger partial charge in [-0.2, -0.15) is 0 Å². The molecule has 3 aromatic rings. The molecule has 1 aliphatic carbocycles. The predicted octanol–water partition coefficient (Wildman–Crippen LogP) is 2.92. The van der Waals surface area contributed by atoms with E-state index in [1.54, 1.807) is 19.1 Å². The van der Waals surface area contributed by atoms with Gasteiger partial charge in [-0.05, 0) is 61.2 Å². The van der Waals surface area contributed by atoms with Gasteiger partial charge >= 0.3 is 0 Å². The van der Waals surface area contributed by atoms with E-state index in [1.165, 1.54) is 11.1 Å². The lowest BCUT2D eigenvalue weighted by Crippen LogP contribution is -2.33. The maximum Gasteiger partial charge on any atom is 0.251 e. The first-order valence-corrected chi connectivity index (χ1v) is 9.68. The Balaban J connectivity index is 1.18.